The van der Waals surface area contributed by atoms with Crippen LogP contribution in [0.3, 0.4) is 0 Å². The molecule has 4 aliphatic carbocycles. The quantitative estimate of drug-likeness (QED) is 0.601. The third kappa shape index (κ3) is 4.20. The average molecular weight is 499 g/mol. The molecular weight excluding hydrogens is 471 g/mol. The molecule has 4 fully saturated rings. The topological polar surface area (TPSA) is 75.2 Å². The summed E-state index contributed by atoms with van der Waals surface area (Å²) in [6.07, 6.45) is 10.4. The first-order valence-corrected chi connectivity index (χ1v) is 13.0. The van der Waals surface area contributed by atoms with Crippen LogP contribution in [0.1, 0.15) is 66.6 Å². The molecule has 2 heterocycles. The van der Waals surface area contributed by atoms with Crippen LogP contribution in [0, 0.1) is 23.2 Å². The number of amides is 2. The van der Waals surface area contributed by atoms with Crippen LogP contribution in [0.4, 0.5) is 5.82 Å². The molecule has 1 aromatic heterocycles. The Bertz CT molecular complexity index is 1110. The van der Waals surface area contributed by atoms with Crippen molar-refractivity contribution in [3.05, 3.63) is 51.4 Å². The number of halogens is 2. The van der Waals surface area contributed by atoms with E-state index in [0.717, 1.165) is 29.0 Å². The molecule has 34 heavy (non-hydrogen) atoms. The summed E-state index contributed by atoms with van der Waals surface area (Å²) >= 11 is 12.2. The molecule has 2 amide bonds. The lowest BCUT2D eigenvalue weighted by molar-refractivity contribution is -0.124. The Morgan fingerprint density at radius 3 is 2.29 bits per heavy atom. The lowest BCUT2D eigenvalue weighted by Crippen LogP contribution is -2.47. The smallest absolute Gasteiger partial charge is 0.254 e. The fourth-order valence-electron chi connectivity index (χ4n) is 7.52. The summed E-state index contributed by atoms with van der Waals surface area (Å²) in [6, 6.07) is 4.86. The van der Waals surface area contributed by atoms with E-state index in [9.17, 15) is 9.59 Å². The molecule has 0 atom stereocenters. The number of nitrogens with one attached hydrogen (secondary N) is 1. The summed E-state index contributed by atoms with van der Waals surface area (Å²) in [4.78, 5) is 36.7. The summed E-state index contributed by atoms with van der Waals surface area (Å²) in [5.74, 6) is 2.99. The predicted octanol–water partition coefficient (Wildman–Crippen LogP) is 5.53. The van der Waals surface area contributed by atoms with Gasteiger partial charge in [-0.15, -0.1) is 0 Å². The third-order valence-electron chi connectivity index (χ3n) is 8.36. The first-order valence-electron chi connectivity index (χ1n) is 12.2. The zero-order valence-corrected chi connectivity index (χ0v) is 20.5. The SMILES string of the molecule is O=C(CC12CC3CC(CC(C3)C1)C2)Nc1ncnc2c1CCN(C(=O)c1cc(Cl)cc(Cl)c1)C2. The van der Waals surface area contributed by atoms with Gasteiger partial charge in [-0.2, -0.15) is 0 Å². The molecule has 8 heteroatoms. The lowest BCUT2D eigenvalue weighted by Gasteiger charge is -2.56. The summed E-state index contributed by atoms with van der Waals surface area (Å²) in [5, 5.41) is 3.97. The van der Waals surface area contributed by atoms with Gasteiger partial charge in [0.15, 0.2) is 0 Å². The van der Waals surface area contributed by atoms with Crippen molar-refractivity contribution in [3.63, 3.8) is 0 Å². The van der Waals surface area contributed by atoms with E-state index in [4.69, 9.17) is 23.2 Å². The van der Waals surface area contributed by atoms with Gasteiger partial charge in [-0.1, -0.05) is 23.2 Å². The minimum atomic E-state index is -0.138. The Kier molecular flexibility index (Phi) is 5.57. The first kappa shape index (κ1) is 22.3. The first-order chi connectivity index (χ1) is 16.4. The number of carbonyl (C=O) groups excluding carboxylic acids is 2. The molecular formula is C26H28Cl2N4O2. The van der Waals surface area contributed by atoms with Crippen molar-refractivity contribution in [1.82, 2.24) is 14.9 Å². The minimum Gasteiger partial charge on any atom is -0.332 e. The van der Waals surface area contributed by atoms with Crippen LogP contribution >= 0.6 is 23.2 Å². The molecule has 0 saturated heterocycles. The predicted molar refractivity (Wildman–Crippen MR) is 131 cm³/mol. The van der Waals surface area contributed by atoms with E-state index in [-0.39, 0.29) is 17.2 Å². The molecule has 4 bridgehead atoms. The van der Waals surface area contributed by atoms with Crippen LogP contribution in [-0.2, 0) is 17.8 Å². The highest BCUT2D eigenvalue weighted by atomic mass is 35.5. The molecule has 5 aliphatic rings. The van der Waals surface area contributed by atoms with E-state index in [1.165, 1.54) is 44.9 Å². The van der Waals surface area contributed by atoms with Gasteiger partial charge in [0.1, 0.15) is 12.1 Å². The second-order valence-electron chi connectivity index (χ2n) is 10.9. The summed E-state index contributed by atoms with van der Waals surface area (Å²) in [6.45, 7) is 0.875. The monoisotopic (exact) mass is 498 g/mol. The number of carbonyl (C=O) groups is 2. The largest absolute Gasteiger partial charge is 0.332 e. The molecule has 178 valence electrons. The van der Waals surface area contributed by atoms with Gasteiger partial charge >= 0.3 is 0 Å². The number of anilines is 1. The van der Waals surface area contributed by atoms with Crippen LogP contribution in [0.25, 0.3) is 0 Å². The minimum absolute atomic E-state index is 0.0647. The molecule has 1 N–H and O–H groups in total. The van der Waals surface area contributed by atoms with Gasteiger partial charge < -0.3 is 10.2 Å². The summed E-state index contributed by atoms with van der Waals surface area (Å²) in [7, 11) is 0. The van der Waals surface area contributed by atoms with Crippen LogP contribution < -0.4 is 5.32 Å². The van der Waals surface area contributed by atoms with Gasteiger partial charge in [-0.3, -0.25) is 9.59 Å². The number of fused-ring (bicyclic) bond motifs is 1. The Morgan fingerprint density at radius 1 is 1.00 bits per heavy atom. The lowest BCUT2D eigenvalue weighted by atomic mass is 9.49. The van der Waals surface area contributed by atoms with E-state index in [2.05, 4.69) is 15.3 Å². The number of benzene rings is 1. The molecule has 0 spiro atoms. The zero-order valence-electron chi connectivity index (χ0n) is 19.0. The van der Waals surface area contributed by atoms with Gasteiger partial charge in [0.2, 0.25) is 5.91 Å². The normalized spacial score (nSPS) is 29.1. The van der Waals surface area contributed by atoms with Gasteiger partial charge in [0, 0.05) is 34.1 Å². The second kappa shape index (κ2) is 8.49. The van der Waals surface area contributed by atoms with Crippen molar-refractivity contribution in [3.8, 4) is 0 Å². The molecule has 1 aromatic carbocycles. The average Bonchev–Trinajstić information content (AvgIpc) is 2.76. The van der Waals surface area contributed by atoms with Crippen LogP contribution in [-0.4, -0.2) is 33.2 Å². The van der Waals surface area contributed by atoms with E-state index in [0.29, 0.717) is 47.4 Å². The molecule has 1 aliphatic heterocycles. The van der Waals surface area contributed by atoms with Gasteiger partial charge in [0.05, 0.1) is 12.2 Å². The van der Waals surface area contributed by atoms with Crippen molar-refractivity contribution >= 4 is 40.8 Å². The molecule has 0 radical (unpaired) electrons. The van der Waals surface area contributed by atoms with Gasteiger partial charge in [-0.25, -0.2) is 9.97 Å². The fourth-order valence-corrected chi connectivity index (χ4v) is 8.04. The maximum atomic E-state index is 13.1. The maximum absolute atomic E-state index is 13.1. The van der Waals surface area contributed by atoms with Crippen LogP contribution in [0.5, 0.6) is 0 Å². The number of hydrogen-bond acceptors (Lipinski definition) is 4. The van der Waals surface area contributed by atoms with Crippen LogP contribution in [0.2, 0.25) is 10.0 Å². The highest BCUT2D eigenvalue weighted by molar-refractivity contribution is 6.35. The van der Waals surface area contributed by atoms with Crippen LogP contribution in [0.15, 0.2) is 24.5 Å². The van der Waals surface area contributed by atoms with Crippen molar-refractivity contribution in [1.29, 1.82) is 0 Å². The standard InChI is InChI=1S/C26H28Cl2N4O2/c27-19-6-18(7-20(28)8-19)25(34)32-2-1-21-22(13-32)29-14-30-24(21)31-23(33)12-26-9-15-3-16(10-26)5-17(4-15)11-26/h6-8,14-17H,1-5,9-13H2,(H,29,30,31,33). The van der Waals surface area contributed by atoms with Crippen molar-refractivity contribution < 1.29 is 9.59 Å². The van der Waals surface area contributed by atoms with Gasteiger partial charge in [0.25, 0.3) is 5.91 Å². The Morgan fingerprint density at radius 2 is 1.65 bits per heavy atom. The van der Waals surface area contributed by atoms with E-state index >= 15 is 0 Å². The summed E-state index contributed by atoms with van der Waals surface area (Å²) in [5.41, 5.74) is 2.34. The zero-order chi connectivity index (χ0) is 23.4. The molecule has 7 rings (SSSR count). The Hall–Kier alpha value is -2.18. The number of nitrogens with zero attached hydrogens (tertiary/aromatic N) is 3. The fraction of sp³-hybridized carbons (Fsp3) is 0.538. The number of hydrogen-bond donors (Lipinski definition) is 1. The Balaban J connectivity index is 1.15. The van der Waals surface area contributed by atoms with Crippen molar-refractivity contribution in [2.24, 2.45) is 23.2 Å². The third-order valence-corrected chi connectivity index (χ3v) is 8.80. The molecule has 4 saturated carbocycles. The second-order valence-corrected chi connectivity index (χ2v) is 11.8. The van der Waals surface area contributed by atoms with Gasteiger partial charge in [-0.05, 0) is 86.3 Å². The highest BCUT2D eigenvalue weighted by Crippen LogP contribution is 2.61. The molecule has 0 unspecified atom stereocenters. The number of aromatic nitrogens is 2. The highest BCUT2D eigenvalue weighted by Gasteiger charge is 2.51. The van der Waals surface area contributed by atoms with Crippen molar-refractivity contribution in [2.45, 2.75) is 57.9 Å². The number of rotatable bonds is 4. The maximum Gasteiger partial charge on any atom is 0.254 e. The molecule has 2 aromatic rings. The van der Waals surface area contributed by atoms with E-state index in [1.54, 1.807) is 23.1 Å². The van der Waals surface area contributed by atoms with E-state index < -0.39 is 0 Å². The van der Waals surface area contributed by atoms with E-state index in [1.807, 2.05) is 0 Å². The summed E-state index contributed by atoms with van der Waals surface area (Å²) < 4.78 is 0. The van der Waals surface area contributed by atoms with Crippen molar-refractivity contribution in [2.75, 3.05) is 11.9 Å². The Labute approximate surface area is 209 Å². The molecule has 6 nitrogen and oxygen atoms in total.